The summed E-state index contributed by atoms with van der Waals surface area (Å²) in [4.78, 5) is 29.6. The number of hydroxylamine groups is 1. The van der Waals surface area contributed by atoms with E-state index >= 15 is 0 Å². The van der Waals surface area contributed by atoms with E-state index in [1.54, 1.807) is 32.5 Å². The lowest BCUT2D eigenvalue weighted by Gasteiger charge is -2.16. The Kier molecular flexibility index (Phi) is 7.62. The first-order valence-electron chi connectivity index (χ1n) is 7.46. The second-order valence-electron chi connectivity index (χ2n) is 6.14. The Hall–Kier alpha value is -1.33. The van der Waals surface area contributed by atoms with Gasteiger partial charge in [0.2, 0.25) is 0 Å². The van der Waals surface area contributed by atoms with Crippen LogP contribution in [-0.2, 0) is 9.63 Å². The molecule has 0 amide bonds. The van der Waals surface area contributed by atoms with Gasteiger partial charge in [-0.15, -0.1) is 11.8 Å². The van der Waals surface area contributed by atoms with Crippen LogP contribution in [0.15, 0.2) is 29.2 Å². The van der Waals surface area contributed by atoms with Crippen LogP contribution in [0, 0.1) is 5.41 Å². The third kappa shape index (κ3) is 6.62. The molecule has 0 radical (unpaired) electrons. The number of carbonyl (C=O) groups excluding carboxylic acids is 2. The molecule has 0 heterocycles. The van der Waals surface area contributed by atoms with Gasteiger partial charge in [0.25, 0.3) is 0 Å². The molecule has 122 valence electrons. The molecular weight excluding hydrogens is 298 g/mol. The molecule has 0 aromatic heterocycles. The Labute approximate surface area is 137 Å². The lowest BCUT2D eigenvalue weighted by atomic mass is 9.98. The van der Waals surface area contributed by atoms with Gasteiger partial charge in [0, 0.05) is 23.4 Å². The SMILES string of the molecule is CSc1ccc(C(=O)CCCCNOC(=O)C(C)(C)C)cc1. The van der Waals surface area contributed by atoms with Crippen molar-refractivity contribution in [2.24, 2.45) is 5.41 Å². The number of ketones is 1. The van der Waals surface area contributed by atoms with Crippen LogP contribution in [0.5, 0.6) is 0 Å². The molecule has 5 heteroatoms. The van der Waals surface area contributed by atoms with Crippen LogP contribution in [-0.4, -0.2) is 24.6 Å². The van der Waals surface area contributed by atoms with Crippen molar-refractivity contribution < 1.29 is 14.4 Å². The molecule has 0 fully saturated rings. The monoisotopic (exact) mass is 323 g/mol. The van der Waals surface area contributed by atoms with Gasteiger partial charge in [-0.1, -0.05) is 12.1 Å². The lowest BCUT2D eigenvalue weighted by Crippen LogP contribution is -2.30. The summed E-state index contributed by atoms with van der Waals surface area (Å²) >= 11 is 1.66. The highest BCUT2D eigenvalue weighted by molar-refractivity contribution is 7.98. The topological polar surface area (TPSA) is 55.4 Å². The Morgan fingerprint density at radius 2 is 1.77 bits per heavy atom. The first kappa shape index (κ1) is 18.7. The van der Waals surface area contributed by atoms with E-state index in [0.717, 1.165) is 23.3 Å². The van der Waals surface area contributed by atoms with Crippen molar-refractivity contribution in [2.75, 3.05) is 12.8 Å². The predicted octanol–water partition coefficient (Wildman–Crippen LogP) is 3.86. The first-order valence-corrected chi connectivity index (χ1v) is 8.68. The van der Waals surface area contributed by atoms with E-state index in [9.17, 15) is 9.59 Å². The molecule has 0 unspecified atom stereocenters. The number of benzene rings is 1. The number of hydrogen-bond donors (Lipinski definition) is 1. The highest BCUT2D eigenvalue weighted by atomic mass is 32.2. The van der Waals surface area contributed by atoms with Gasteiger partial charge >= 0.3 is 5.97 Å². The van der Waals surface area contributed by atoms with Crippen LogP contribution >= 0.6 is 11.8 Å². The maximum Gasteiger partial charge on any atom is 0.329 e. The molecule has 0 saturated carbocycles. The van der Waals surface area contributed by atoms with Crippen molar-refractivity contribution in [1.29, 1.82) is 0 Å². The molecule has 1 rings (SSSR count). The van der Waals surface area contributed by atoms with Crippen LogP contribution in [0.2, 0.25) is 0 Å². The highest BCUT2D eigenvalue weighted by Gasteiger charge is 2.23. The van der Waals surface area contributed by atoms with Gasteiger partial charge in [-0.25, -0.2) is 4.79 Å². The Bertz CT molecular complexity index is 492. The molecule has 1 aromatic carbocycles. The van der Waals surface area contributed by atoms with Gasteiger partial charge < -0.3 is 4.84 Å². The number of carbonyl (C=O) groups is 2. The lowest BCUT2D eigenvalue weighted by molar-refractivity contribution is -0.160. The van der Waals surface area contributed by atoms with E-state index < -0.39 is 5.41 Å². The number of Topliss-reactive ketones (excluding diaryl/α,β-unsaturated/α-hetero) is 1. The molecule has 4 nitrogen and oxygen atoms in total. The minimum atomic E-state index is -0.508. The van der Waals surface area contributed by atoms with Gasteiger partial charge in [-0.2, -0.15) is 5.48 Å². The zero-order valence-electron chi connectivity index (χ0n) is 13.8. The Balaban J connectivity index is 2.19. The molecule has 0 spiro atoms. The average molecular weight is 323 g/mol. The van der Waals surface area contributed by atoms with E-state index in [1.807, 2.05) is 30.5 Å². The summed E-state index contributed by atoms with van der Waals surface area (Å²) < 4.78 is 0. The predicted molar refractivity (Wildman–Crippen MR) is 90.0 cm³/mol. The van der Waals surface area contributed by atoms with Gasteiger partial charge in [-0.3, -0.25) is 4.79 Å². The normalized spacial score (nSPS) is 11.3. The maximum absolute atomic E-state index is 12.0. The van der Waals surface area contributed by atoms with E-state index in [4.69, 9.17) is 4.84 Å². The largest absolute Gasteiger partial charge is 0.370 e. The summed E-state index contributed by atoms with van der Waals surface area (Å²) in [5, 5.41) is 0. The van der Waals surface area contributed by atoms with Crippen LogP contribution in [0.4, 0.5) is 0 Å². The van der Waals surface area contributed by atoms with Gasteiger partial charge in [0.1, 0.15) is 0 Å². The number of thioether (sulfide) groups is 1. The van der Waals surface area contributed by atoms with Gasteiger partial charge in [0.15, 0.2) is 5.78 Å². The summed E-state index contributed by atoms with van der Waals surface area (Å²) in [6, 6.07) is 7.67. The summed E-state index contributed by atoms with van der Waals surface area (Å²) in [7, 11) is 0. The van der Waals surface area contributed by atoms with Crippen LogP contribution in [0.1, 0.15) is 50.4 Å². The summed E-state index contributed by atoms with van der Waals surface area (Å²) in [6.45, 7) is 5.97. The molecule has 0 aliphatic heterocycles. The van der Waals surface area contributed by atoms with E-state index in [1.165, 1.54) is 0 Å². The minimum Gasteiger partial charge on any atom is -0.370 e. The number of unbranched alkanes of at least 4 members (excludes halogenated alkanes) is 1. The summed E-state index contributed by atoms with van der Waals surface area (Å²) in [5.74, 6) is -0.128. The molecule has 22 heavy (non-hydrogen) atoms. The van der Waals surface area contributed by atoms with Crippen molar-refractivity contribution in [2.45, 2.75) is 44.9 Å². The van der Waals surface area contributed by atoms with Crippen LogP contribution < -0.4 is 5.48 Å². The van der Waals surface area contributed by atoms with E-state index in [0.29, 0.717) is 13.0 Å². The third-order valence-corrected chi connectivity index (χ3v) is 3.87. The molecular formula is C17H25NO3S. The van der Waals surface area contributed by atoms with Crippen molar-refractivity contribution in [1.82, 2.24) is 5.48 Å². The minimum absolute atomic E-state index is 0.152. The molecule has 1 N–H and O–H groups in total. The number of hydrogen-bond acceptors (Lipinski definition) is 5. The quantitative estimate of drug-likeness (QED) is 0.341. The fourth-order valence-corrected chi connectivity index (χ4v) is 2.08. The Morgan fingerprint density at radius 3 is 2.32 bits per heavy atom. The zero-order valence-corrected chi connectivity index (χ0v) is 14.6. The molecule has 0 bridgehead atoms. The number of rotatable bonds is 8. The fraction of sp³-hybridized carbons (Fsp3) is 0.529. The van der Waals surface area contributed by atoms with E-state index in [2.05, 4.69) is 5.48 Å². The Morgan fingerprint density at radius 1 is 1.14 bits per heavy atom. The first-order chi connectivity index (χ1) is 10.3. The van der Waals surface area contributed by atoms with Crippen LogP contribution in [0.25, 0.3) is 0 Å². The van der Waals surface area contributed by atoms with Crippen molar-refractivity contribution in [3.05, 3.63) is 29.8 Å². The van der Waals surface area contributed by atoms with Crippen molar-refractivity contribution in [3.63, 3.8) is 0 Å². The van der Waals surface area contributed by atoms with Crippen molar-refractivity contribution >= 4 is 23.5 Å². The maximum atomic E-state index is 12.0. The second kappa shape index (κ2) is 8.96. The van der Waals surface area contributed by atoms with Gasteiger partial charge in [-0.05, 0) is 52.0 Å². The fourth-order valence-electron chi connectivity index (χ4n) is 1.67. The van der Waals surface area contributed by atoms with Gasteiger partial charge in [0.05, 0.1) is 5.41 Å². The average Bonchev–Trinajstić information content (AvgIpc) is 2.49. The highest BCUT2D eigenvalue weighted by Crippen LogP contribution is 2.16. The molecule has 0 saturated heterocycles. The van der Waals surface area contributed by atoms with Crippen molar-refractivity contribution in [3.8, 4) is 0 Å². The molecule has 0 aliphatic carbocycles. The third-order valence-electron chi connectivity index (χ3n) is 3.12. The molecule has 0 aliphatic rings. The van der Waals surface area contributed by atoms with E-state index in [-0.39, 0.29) is 11.8 Å². The zero-order chi connectivity index (χ0) is 16.6. The number of nitrogens with one attached hydrogen (secondary N) is 1. The second-order valence-corrected chi connectivity index (χ2v) is 7.02. The summed E-state index contributed by atoms with van der Waals surface area (Å²) in [5.41, 5.74) is 2.90. The smallest absolute Gasteiger partial charge is 0.329 e. The summed E-state index contributed by atoms with van der Waals surface area (Å²) in [6.07, 6.45) is 4.07. The van der Waals surface area contributed by atoms with Crippen LogP contribution in [0.3, 0.4) is 0 Å². The molecule has 1 aromatic rings. The standard InChI is InChI=1S/C17H25NO3S/c1-17(2,3)16(20)21-18-12-6-5-7-15(19)13-8-10-14(22-4)11-9-13/h8-11,18H,5-7,12H2,1-4H3. The molecule has 0 atom stereocenters.